The first kappa shape index (κ1) is 10.9. The SMILES string of the molecule is Cc1ccc(C(F)(F)F)c(C#N)c1Cl. The van der Waals surface area contributed by atoms with Crippen LogP contribution < -0.4 is 0 Å². The number of benzene rings is 1. The summed E-state index contributed by atoms with van der Waals surface area (Å²) in [7, 11) is 0. The number of hydrogen-bond acceptors (Lipinski definition) is 1. The maximum Gasteiger partial charge on any atom is 0.417 e. The Morgan fingerprint density at radius 1 is 1.36 bits per heavy atom. The Bertz CT molecular complexity index is 404. The minimum Gasteiger partial charge on any atom is -0.192 e. The molecule has 0 aliphatic carbocycles. The highest BCUT2D eigenvalue weighted by molar-refractivity contribution is 6.32. The summed E-state index contributed by atoms with van der Waals surface area (Å²) in [4.78, 5) is 0. The quantitative estimate of drug-likeness (QED) is 0.655. The molecule has 0 atom stereocenters. The van der Waals surface area contributed by atoms with Crippen molar-refractivity contribution in [2.24, 2.45) is 0 Å². The Balaban J connectivity index is 3.49. The molecule has 0 N–H and O–H groups in total. The molecule has 74 valence electrons. The largest absolute Gasteiger partial charge is 0.417 e. The Hall–Kier alpha value is -1.21. The van der Waals surface area contributed by atoms with E-state index in [1.165, 1.54) is 12.1 Å². The molecular formula is C9H5ClF3N. The molecule has 0 aromatic heterocycles. The Labute approximate surface area is 83.7 Å². The van der Waals surface area contributed by atoms with E-state index in [-0.39, 0.29) is 5.02 Å². The van der Waals surface area contributed by atoms with Crippen molar-refractivity contribution >= 4 is 11.6 Å². The number of alkyl halides is 3. The van der Waals surface area contributed by atoms with E-state index in [2.05, 4.69) is 0 Å². The molecule has 0 spiro atoms. The fourth-order valence-electron chi connectivity index (χ4n) is 1.03. The number of halogens is 4. The van der Waals surface area contributed by atoms with Crippen molar-refractivity contribution < 1.29 is 13.2 Å². The second-order valence-electron chi connectivity index (χ2n) is 2.73. The van der Waals surface area contributed by atoms with Gasteiger partial charge in [0.15, 0.2) is 0 Å². The maximum atomic E-state index is 12.3. The molecule has 0 fully saturated rings. The van der Waals surface area contributed by atoms with Crippen LogP contribution >= 0.6 is 11.6 Å². The summed E-state index contributed by atoms with van der Waals surface area (Å²) in [6.07, 6.45) is -4.54. The molecule has 1 aromatic carbocycles. The van der Waals surface area contributed by atoms with Crippen molar-refractivity contribution in [1.82, 2.24) is 0 Å². The topological polar surface area (TPSA) is 23.8 Å². The predicted octanol–water partition coefficient (Wildman–Crippen LogP) is 3.54. The summed E-state index contributed by atoms with van der Waals surface area (Å²) in [5, 5.41) is 8.42. The van der Waals surface area contributed by atoms with Crippen molar-refractivity contribution in [1.29, 1.82) is 5.26 Å². The van der Waals surface area contributed by atoms with Gasteiger partial charge in [-0.1, -0.05) is 17.7 Å². The highest BCUT2D eigenvalue weighted by Gasteiger charge is 2.34. The van der Waals surface area contributed by atoms with Crippen molar-refractivity contribution in [3.05, 3.63) is 33.8 Å². The lowest BCUT2D eigenvalue weighted by Gasteiger charge is -2.10. The number of nitriles is 1. The molecule has 0 unspecified atom stereocenters. The van der Waals surface area contributed by atoms with Crippen LogP contribution in [-0.4, -0.2) is 0 Å². The molecule has 0 heterocycles. The zero-order valence-corrected chi connectivity index (χ0v) is 7.87. The van der Waals surface area contributed by atoms with Crippen LogP contribution in [0.3, 0.4) is 0 Å². The van der Waals surface area contributed by atoms with Crippen LogP contribution in [0.4, 0.5) is 13.2 Å². The van der Waals surface area contributed by atoms with Gasteiger partial charge in [-0.2, -0.15) is 18.4 Å². The van der Waals surface area contributed by atoms with Crippen LogP contribution in [0.15, 0.2) is 12.1 Å². The van der Waals surface area contributed by atoms with Crippen LogP contribution in [0.2, 0.25) is 5.02 Å². The van der Waals surface area contributed by atoms with Gasteiger partial charge in [0, 0.05) is 0 Å². The molecule has 14 heavy (non-hydrogen) atoms. The second kappa shape index (κ2) is 3.50. The summed E-state index contributed by atoms with van der Waals surface area (Å²) in [5.41, 5.74) is -1.05. The van der Waals surface area contributed by atoms with Crippen LogP contribution in [0.5, 0.6) is 0 Å². The van der Waals surface area contributed by atoms with E-state index in [0.717, 1.165) is 6.07 Å². The highest BCUT2D eigenvalue weighted by atomic mass is 35.5. The summed E-state index contributed by atoms with van der Waals surface area (Å²) < 4.78 is 37.0. The fourth-order valence-corrected chi connectivity index (χ4v) is 1.23. The third kappa shape index (κ3) is 1.83. The maximum absolute atomic E-state index is 12.3. The smallest absolute Gasteiger partial charge is 0.192 e. The molecule has 0 bridgehead atoms. The third-order valence-electron chi connectivity index (χ3n) is 1.75. The van der Waals surface area contributed by atoms with Gasteiger partial charge in [0.1, 0.15) is 6.07 Å². The summed E-state index contributed by atoms with van der Waals surface area (Å²) in [5.74, 6) is 0. The lowest BCUT2D eigenvalue weighted by Crippen LogP contribution is -2.08. The molecule has 0 saturated heterocycles. The summed E-state index contributed by atoms with van der Waals surface area (Å²) in [6.45, 7) is 1.54. The number of hydrogen-bond donors (Lipinski definition) is 0. The number of nitrogens with zero attached hydrogens (tertiary/aromatic N) is 1. The van der Waals surface area contributed by atoms with Crippen molar-refractivity contribution in [2.45, 2.75) is 13.1 Å². The molecule has 1 aromatic rings. The lowest BCUT2D eigenvalue weighted by atomic mass is 10.1. The van der Waals surface area contributed by atoms with Gasteiger partial charge in [0.2, 0.25) is 0 Å². The predicted molar refractivity (Wildman–Crippen MR) is 45.9 cm³/mol. The van der Waals surface area contributed by atoms with E-state index in [1.807, 2.05) is 0 Å². The Kier molecular flexibility index (Phi) is 2.72. The fraction of sp³-hybridized carbons (Fsp3) is 0.222. The molecule has 0 saturated carbocycles. The normalized spacial score (nSPS) is 11.1. The third-order valence-corrected chi connectivity index (χ3v) is 2.24. The average Bonchev–Trinajstić information content (AvgIpc) is 2.07. The Morgan fingerprint density at radius 2 is 1.93 bits per heavy atom. The molecule has 0 aliphatic heterocycles. The van der Waals surface area contributed by atoms with E-state index < -0.39 is 17.3 Å². The lowest BCUT2D eigenvalue weighted by molar-refractivity contribution is -0.137. The summed E-state index contributed by atoms with van der Waals surface area (Å²) in [6, 6.07) is 3.56. The second-order valence-corrected chi connectivity index (χ2v) is 3.11. The molecule has 1 rings (SSSR count). The van der Waals surface area contributed by atoms with Crippen molar-refractivity contribution in [3.63, 3.8) is 0 Å². The Morgan fingerprint density at radius 3 is 2.36 bits per heavy atom. The minimum absolute atomic E-state index is 0.137. The zero-order chi connectivity index (χ0) is 10.9. The van der Waals surface area contributed by atoms with Gasteiger partial charge in [-0.05, 0) is 18.6 Å². The van der Waals surface area contributed by atoms with Crippen LogP contribution in [0, 0.1) is 18.3 Å². The van der Waals surface area contributed by atoms with Gasteiger partial charge in [-0.3, -0.25) is 0 Å². The molecule has 0 amide bonds. The standard InChI is InChI=1S/C9H5ClF3N/c1-5-2-3-7(9(11,12)13)6(4-14)8(5)10/h2-3H,1H3. The zero-order valence-electron chi connectivity index (χ0n) is 7.11. The molecule has 1 nitrogen and oxygen atoms in total. The summed E-state index contributed by atoms with van der Waals surface area (Å²) >= 11 is 5.58. The van der Waals surface area contributed by atoms with E-state index >= 15 is 0 Å². The highest BCUT2D eigenvalue weighted by Crippen LogP contribution is 2.35. The molecule has 5 heteroatoms. The average molecular weight is 220 g/mol. The first-order chi connectivity index (χ1) is 6.38. The van der Waals surface area contributed by atoms with Crippen molar-refractivity contribution in [2.75, 3.05) is 0 Å². The molecule has 0 radical (unpaired) electrons. The van der Waals surface area contributed by atoms with Crippen LogP contribution in [0.25, 0.3) is 0 Å². The van der Waals surface area contributed by atoms with Gasteiger partial charge in [-0.25, -0.2) is 0 Å². The molecular weight excluding hydrogens is 215 g/mol. The van der Waals surface area contributed by atoms with Crippen molar-refractivity contribution in [3.8, 4) is 6.07 Å². The number of aryl methyl sites for hydroxylation is 1. The van der Waals surface area contributed by atoms with E-state index in [1.54, 1.807) is 6.92 Å². The van der Waals surface area contributed by atoms with Gasteiger partial charge in [0.25, 0.3) is 0 Å². The minimum atomic E-state index is -4.54. The molecule has 0 aliphatic rings. The van der Waals surface area contributed by atoms with Crippen LogP contribution in [-0.2, 0) is 6.18 Å². The van der Waals surface area contributed by atoms with Gasteiger partial charge < -0.3 is 0 Å². The monoisotopic (exact) mass is 219 g/mol. The number of rotatable bonds is 0. The first-order valence-corrected chi connectivity index (χ1v) is 4.02. The van der Waals surface area contributed by atoms with Gasteiger partial charge in [-0.15, -0.1) is 0 Å². The van der Waals surface area contributed by atoms with E-state index in [4.69, 9.17) is 16.9 Å². The van der Waals surface area contributed by atoms with Gasteiger partial charge >= 0.3 is 6.18 Å². The van der Waals surface area contributed by atoms with Gasteiger partial charge in [0.05, 0.1) is 16.1 Å². The van der Waals surface area contributed by atoms with Crippen LogP contribution in [0.1, 0.15) is 16.7 Å². The first-order valence-electron chi connectivity index (χ1n) is 3.64. The van der Waals surface area contributed by atoms with E-state index in [9.17, 15) is 13.2 Å². The van der Waals surface area contributed by atoms with E-state index in [0.29, 0.717) is 5.56 Å².